The fourth-order valence-electron chi connectivity index (χ4n) is 6.32. The molecule has 1 radical (unpaired) electrons. The molecule has 0 saturated heterocycles. The summed E-state index contributed by atoms with van der Waals surface area (Å²) in [6.45, 7) is 4.17. The van der Waals surface area contributed by atoms with Crippen LogP contribution in [0.15, 0.2) is 157 Å². The summed E-state index contributed by atoms with van der Waals surface area (Å²) >= 11 is 0. The third-order valence-corrected chi connectivity index (χ3v) is 8.78. The standard InChI is InChI=1S/C33H21N2O.C12H10N.Ir/c1-21-13-14-27-26-11-6-12-28(30-19-24(16-18-35-30)22-7-3-2-4-8-22)32(26)36-33(27)31(21)25-10-5-9-23-15-17-34-20-29(23)25;1-10-7-8-12(13-9-10)11-5-3-2-4-6-11;/h2-11,13-20H,1H3;2-5,7-9H,1H3;/q2*-1;. The van der Waals surface area contributed by atoms with Crippen LogP contribution >= 0.6 is 0 Å². The summed E-state index contributed by atoms with van der Waals surface area (Å²) in [4.78, 5) is 13.4. The summed E-state index contributed by atoms with van der Waals surface area (Å²) in [5.74, 6) is 0. The van der Waals surface area contributed by atoms with E-state index in [-0.39, 0.29) is 20.1 Å². The van der Waals surface area contributed by atoms with E-state index < -0.39 is 0 Å². The summed E-state index contributed by atoms with van der Waals surface area (Å²) in [7, 11) is 0. The second kappa shape index (κ2) is 14.4. The van der Waals surface area contributed by atoms with Gasteiger partial charge >= 0.3 is 0 Å². The molecule has 243 valence electrons. The first-order chi connectivity index (χ1) is 24.1. The van der Waals surface area contributed by atoms with E-state index in [9.17, 15) is 0 Å². The van der Waals surface area contributed by atoms with Gasteiger partial charge < -0.3 is 14.4 Å². The Hall–Kier alpha value is -5.74. The number of aromatic nitrogens is 3. The van der Waals surface area contributed by atoms with Gasteiger partial charge in [0, 0.05) is 61.2 Å². The fourth-order valence-corrected chi connectivity index (χ4v) is 6.32. The predicted molar refractivity (Wildman–Crippen MR) is 200 cm³/mol. The second-order valence-electron chi connectivity index (χ2n) is 12.0. The van der Waals surface area contributed by atoms with E-state index in [0.29, 0.717) is 0 Å². The van der Waals surface area contributed by atoms with Crippen LogP contribution in [0.25, 0.3) is 77.5 Å². The smallest absolute Gasteiger partial charge is 0.129 e. The van der Waals surface area contributed by atoms with Crippen LogP contribution < -0.4 is 0 Å². The molecule has 0 spiro atoms. The van der Waals surface area contributed by atoms with E-state index in [1.54, 1.807) is 0 Å². The summed E-state index contributed by atoms with van der Waals surface area (Å²) in [6.07, 6.45) is 7.49. The number of pyridine rings is 3. The Morgan fingerprint density at radius 1 is 0.580 bits per heavy atom. The molecule has 5 aromatic carbocycles. The molecule has 0 fully saturated rings. The Morgan fingerprint density at radius 3 is 2.26 bits per heavy atom. The number of hydrogen-bond donors (Lipinski definition) is 0. The van der Waals surface area contributed by atoms with Gasteiger partial charge in [-0.2, -0.15) is 0 Å². The molecule has 0 atom stereocenters. The summed E-state index contributed by atoms with van der Waals surface area (Å²) < 4.78 is 6.71. The Balaban J connectivity index is 0.000000236. The van der Waals surface area contributed by atoms with Gasteiger partial charge in [0.25, 0.3) is 0 Å². The topological polar surface area (TPSA) is 51.8 Å². The SMILES string of the molecule is Cc1ccc(-c2[c-]cccc2)nc1.Cc1ccc2c(oc3c(-c4cc(-c5ccccc5)ccn4)[c-]ccc32)c1-c1cccc2ccncc12.[Ir]. The maximum Gasteiger partial charge on any atom is 0.129 e. The van der Waals surface area contributed by atoms with Gasteiger partial charge in [0.15, 0.2) is 0 Å². The van der Waals surface area contributed by atoms with E-state index in [2.05, 4.69) is 89.7 Å². The molecule has 5 heteroatoms. The third kappa shape index (κ3) is 6.37. The van der Waals surface area contributed by atoms with Gasteiger partial charge in [0.2, 0.25) is 0 Å². The van der Waals surface area contributed by atoms with E-state index in [1.807, 2.05) is 98.4 Å². The Kier molecular flexibility index (Phi) is 9.44. The van der Waals surface area contributed by atoms with Crippen molar-refractivity contribution in [1.29, 1.82) is 0 Å². The van der Waals surface area contributed by atoms with Crippen molar-refractivity contribution in [3.8, 4) is 44.8 Å². The van der Waals surface area contributed by atoms with E-state index in [1.165, 1.54) is 5.56 Å². The average Bonchev–Trinajstić information content (AvgIpc) is 3.55. The molecule has 4 aromatic heterocycles. The average molecular weight is 822 g/mol. The van der Waals surface area contributed by atoms with Crippen molar-refractivity contribution in [2.45, 2.75) is 13.8 Å². The molecule has 50 heavy (non-hydrogen) atoms. The molecule has 0 amide bonds. The normalized spacial score (nSPS) is 10.8. The van der Waals surface area contributed by atoms with Crippen LogP contribution in [0.5, 0.6) is 0 Å². The molecular formula is C45H31IrN3O-2. The van der Waals surface area contributed by atoms with Crippen LogP contribution in [0.2, 0.25) is 0 Å². The van der Waals surface area contributed by atoms with Crippen LogP contribution in [-0.4, -0.2) is 15.0 Å². The predicted octanol–water partition coefficient (Wildman–Crippen LogP) is 11.5. The largest absolute Gasteiger partial charge is 0.500 e. The molecule has 4 nitrogen and oxygen atoms in total. The van der Waals surface area contributed by atoms with Crippen molar-refractivity contribution in [3.05, 3.63) is 175 Å². The first-order valence-corrected chi connectivity index (χ1v) is 16.3. The molecule has 0 aliphatic heterocycles. The van der Waals surface area contributed by atoms with Gasteiger partial charge in [0.1, 0.15) is 5.58 Å². The molecule has 9 aromatic rings. The Labute approximate surface area is 304 Å². The van der Waals surface area contributed by atoms with Gasteiger partial charge in [-0.3, -0.25) is 4.98 Å². The second-order valence-corrected chi connectivity index (χ2v) is 12.0. The van der Waals surface area contributed by atoms with Gasteiger partial charge in [-0.25, -0.2) is 0 Å². The zero-order valence-corrected chi connectivity index (χ0v) is 29.9. The van der Waals surface area contributed by atoms with Crippen molar-refractivity contribution in [2.75, 3.05) is 0 Å². The molecular weight excluding hydrogens is 791 g/mol. The van der Waals surface area contributed by atoms with Crippen LogP contribution in [0.3, 0.4) is 0 Å². The van der Waals surface area contributed by atoms with E-state index >= 15 is 0 Å². The van der Waals surface area contributed by atoms with Crippen molar-refractivity contribution in [1.82, 2.24) is 15.0 Å². The van der Waals surface area contributed by atoms with Gasteiger partial charge in [-0.1, -0.05) is 89.8 Å². The third-order valence-electron chi connectivity index (χ3n) is 8.78. The number of furan rings is 1. The van der Waals surface area contributed by atoms with Crippen molar-refractivity contribution in [3.63, 3.8) is 0 Å². The number of rotatable bonds is 4. The van der Waals surface area contributed by atoms with Crippen LogP contribution in [0, 0.1) is 26.0 Å². The van der Waals surface area contributed by atoms with Crippen molar-refractivity contribution < 1.29 is 24.5 Å². The van der Waals surface area contributed by atoms with Crippen molar-refractivity contribution in [2.24, 2.45) is 0 Å². The first-order valence-electron chi connectivity index (χ1n) is 16.3. The van der Waals surface area contributed by atoms with Gasteiger partial charge in [-0.15, -0.1) is 54.1 Å². The van der Waals surface area contributed by atoms with Gasteiger partial charge in [0.05, 0.1) is 5.58 Å². The Bertz CT molecular complexity index is 2560. The molecule has 9 rings (SSSR count). The van der Waals surface area contributed by atoms with Crippen LogP contribution in [0.1, 0.15) is 11.1 Å². The number of benzene rings is 5. The summed E-state index contributed by atoms with van der Waals surface area (Å²) in [5, 5.41) is 4.41. The number of nitrogens with zero attached hydrogens (tertiary/aromatic N) is 3. The molecule has 0 aliphatic rings. The minimum Gasteiger partial charge on any atom is -0.500 e. The maximum atomic E-state index is 6.71. The minimum absolute atomic E-state index is 0. The summed E-state index contributed by atoms with van der Waals surface area (Å²) in [6, 6.07) is 49.7. The van der Waals surface area contributed by atoms with E-state index in [4.69, 9.17) is 9.40 Å². The van der Waals surface area contributed by atoms with Crippen molar-refractivity contribution >= 4 is 32.7 Å². The number of fused-ring (bicyclic) bond motifs is 4. The summed E-state index contributed by atoms with van der Waals surface area (Å²) in [5.41, 5.74) is 12.2. The zero-order chi connectivity index (χ0) is 33.2. The molecule has 0 N–H and O–H groups in total. The molecule has 0 saturated carbocycles. The maximum absolute atomic E-state index is 6.71. The quantitative estimate of drug-likeness (QED) is 0.166. The Morgan fingerprint density at radius 2 is 1.44 bits per heavy atom. The molecule has 0 unspecified atom stereocenters. The van der Waals surface area contributed by atoms with Gasteiger partial charge in [-0.05, 0) is 70.6 Å². The molecule has 4 heterocycles. The van der Waals surface area contributed by atoms with E-state index in [0.717, 1.165) is 83.0 Å². The number of hydrogen-bond acceptors (Lipinski definition) is 4. The minimum atomic E-state index is 0. The van der Waals surface area contributed by atoms with Crippen LogP contribution in [-0.2, 0) is 20.1 Å². The first kappa shape index (κ1) is 32.8. The van der Waals surface area contributed by atoms with Crippen LogP contribution in [0.4, 0.5) is 0 Å². The number of aryl methyl sites for hydroxylation is 2. The molecule has 0 aliphatic carbocycles. The zero-order valence-electron chi connectivity index (χ0n) is 27.5. The molecule has 0 bridgehead atoms. The fraction of sp³-hybridized carbons (Fsp3) is 0.0444. The monoisotopic (exact) mass is 822 g/mol.